The first-order valence-corrected chi connectivity index (χ1v) is 7.59. The van der Waals surface area contributed by atoms with Crippen molar-refractivity contribution >= 4 is 24.0 Å². The SMILES string of the molecule is CN(C)C[C@@H]1CCCC[C@]1(O)Cc1ccc(Cl)cc1F.Cl. The van der Waals surface area contributed by atoms with E-state index in [-0.39, 0.29) is 24.1 Å². The van der Waals surface area contributed by atoms with E-state index >= 15 is 0 Å². The highest BCUT2D eigenvalue weighted by Gasteiger charge is 2.39. The molecule has 0 unspecified atom stereocenters. The molecule has 0 amide bonds. The van der Waals surface area contributed by atoms with Gasteiger partial charge in [0.15, 0.2) is 0 Å². The van der Waals surface area contributed by atoms with E-state index in [2.05, 4.69) is 4.90 Å². The van der Waals surface area contributed by atoms with Crippen LogP contribution in [-0.2, 0) is 6.42 Å². The Labute approximate surface area is 137 Å². The predicted octanol–water partition coefficient (Wildman–Crippen LogP) is 3.93. The lowest BCUT2D eigenvalue weighted by atomic mass is 9.72. The summed E-state index contributed by atoms with van der Waals surface area (Å²) in [7, 11) is 4.02. The highest BCUT2D eigenvalue weighted by atomic mass is 35.5. The molecule has 1 aromatic rings. The van der Waals surface area contributed by atoms with E-state index in [4.69, 9.17) is 11.6 Å². The Bertz CT molecular complexity index is 470. The molecule has 0 radical (unpaired) electrons. The molecule has 2 nitrogen and oxygen atoms in total. The maximum Gasteiger partial charge on any atom is 0.127 e. The first-order chi connectivity index (χ1) is 9.40. The molecule has 2 rings (SSSR count). The van der Waals surface area contributed by atoms with Gasteiger partial charge in [0.05, 0.1) is 5.60 Å². The van der Waals surface area contributed by atoms with Crippen LogP contribution in [0.1, 0.15) is 31.2 Å². The van der Waals surface area contributed by atoms with Crippen LogP contribution in [0.15, 0.2) is 18.2 Å². The number of benzene rings is 1. The number of rotatable bonds is 4. The maximum absolute atomic E-state index is 14.0. The van der Waals surface area contributed by atoms with Crippen LogP contribution in [0, 0.1) is 11.7 Å². The lowest BCUT2D eigenvalue weighted by Crippen LogP contribution is -2.47. The molecule has 1 saturated carbocycles. The van der Waals surface area contributed by atoms with Gasteiger partial charge in [-0.2, -0.15) is 0 Å². The monoisotopic (exact) mass is 335 g/mol. The van der Waals surface area contributed by atoms with Crippen molar-refractivity contribution < 1.29 is 9.50 Å². The summed E-state index contributed by atoms with van der Waals surface area (Å²) in [4.78, 5) is 2.10. The van der Waals surface area contributed by atoms with Gasteiger partial charge in [-0.3, -0.25) is 0 Å². The maximum atomic E-state index is 14.0. The molecule has 0 heterocycles. The Hall–Kier alpha value is -0.350. The van der Waals surface area contributed by atoms with Crippen molar-refractivity contribution in [2.75, 3.05) is 20.6 Å². The van der Waals surface area contributed by atoms with Gasteiger partial charge in [-0.15, -0.1) is 12.4 Å². The summed E-state index contributed by atoms with van der Waals surface area (Å²) in [6.45, 7) is 0.839. The quantitative estimate of drug-likeness (QED) is 0.901. The van der Waals surface area contributed by atoms with Crippen LogP contribution in [0.25, 0.3) is 0 Å². The average Bonchev–Trinajstić information content (AvgIpc) is 2.35. The van der Waals surface area contributed by atoms with E-state index in [1.54, 1.807) is 12.1 Å². The first-order valence-electron chi connectivity index (χ1n) is 7.22. The Morgan fingerprint density at radius 2 is 2.10 bits per heavy atom. The molecule has 1 aliphatic rings. The van der Waals surface area contributed by atoms with Gasteiger partial charge < -0.3 is 10.0 Å². The summed E-state index contributed by atoms with van der Waals surface area (Å²) < 4.78 is 14.0. The summed E-state index contributed by atoms with van der Waals surface area (Å²) in [6.07, 6.45) is 4.27. The first kappa shape index (κ1) is 18.7. The van der Waals surface area contributed by atoms with E-state index in [9.17, 15) is 9.50 Å². The van der Waals surface area contributed by atoms with Crippen LogP contribution in [0.4, 0.5) is 4.39 Å². The number of hydrogen-bond donors (Lipinski definition) is 1. The highest BCUT2D eigenvalue weighted by Crippen LogP contribution is 2.37. The molecule has 1 N–H and O–H groups in total. The number of halogens is 3. The normalized spacial score (nSPS) is 25.7. The standard InChI is InChI=1S/C16H23ClFNO.ClH/c1-19(2)11-13-5-3-4-8-16(13,20)10-12-6-7-14(17)9-15(12)18;/h6-7,9,13,20H,3-5,8,10-11H2,1-2H3;1H/t13-,16-;/m0./s1. The molecule has 0 bridgehead atoms. The van der Waals surface area contributed by atoms with Crippen LogP contribution in [-0.4, -0.2) is 36.2 Å². The third-order valence-electron chi connectivity index (χ3n) is 4.27. The Kier molecular flexibility index (Phi) is 6.92. The topological polar surface area (TPSA) is 23.5 Å². The second-order valence-corrected chi connectivity index (χ2v) is 6.66. The van der Waals surface area contributed by atoms with Gasteiger partial charge in [0, 0.05) is 23.9 Å². The molecule has 5 heteroatoms. The van der Waals surface area contributed by atoms with Gasteiger partial charge in [-0.25, -0.2) is 4.39 Å². The zero-order valence-electron chi connectivity index (χ0n) is 12.6. The number of aliphatic hydroxyl groups is 1. The van der Waals surface area contributed by atoms with Crippen molar-refractivity contribution in [2.24, 2.45) is 5.92 Å². The third-order valence-corrected chi connectivity index (χ3v) is 4.50. The van der Waals surface area contributed by atoms with E-state index < -0.39 is 5.60 Å². The zero-order chi connectivity index (χ0) is 14.8. The molecule has 1 aromatic carbocycles. The second kappa shape index (κ2) is 7.77. The van der Waals surface area contributed by atoms with Crippen molar-refractivity contribution in [3.05, 3.63) is 34.6 Å². The smallest absolute Gasteiger partial charge is 0.127 e. The van der Waals surface area contributed by atoms with Gasteiger partial charge in [0.25, 0.3) is 0 Å². The van der Waals surface area contributed by atoms with E-state index in [1.165, 1.54) is 6.07 Å². The Balaban J connectivity index is 0.00000220. The van der Waals surface area contributed by atoms with Crippen LogP contribution >= 0.6 is 24.0 Å². The molecule has 0 saturated heterocycles. The summed E-state index contributed by atoms with van der Waals surface area (Å²) in [5, 5.41) is 11.4. The van der Waals surface area contributed by atoms with Crippen LogP contribution in [0.5, 0.6) is 0 Å². The molecular weight excluding hydrogens is 312 g/mol. The largest absolute Gasteiger partial charge is 0.389 e. The van der Waals surface area contributed by atoms with Gasteiger partial charge in [-0.1, -0.05) is 30.5 Å². The van der Waals surface area contributed by atoms with E-state index in [0.717, 1.165) is 32.2 Å². The van der Waals surface area contributed by atoms with Crippen LogP contribution < -0.4 is 0 Å². The molecule has 1 fully saturated rings. The van der Waals surface area contributed by atoms with Crippen molar-refractivity contribution in [1.82, 2.24) is 4.90 Å². The van der Waals surface area contributed by atoms with Gasteiger partial charge in [-0.05, 0) is 44.6 Å². The van der Waals surface area contributed by atoms with Crippen molar-refractivity contribution in [1.29, 1.82) is 0 Å². The zero-order valence-corrected chi connectivity index (χ0v) is 14.2. The fourth-order valence-electron chi connectivity index (χ4n) is 3.22. The highest BCUT2D eigenvalue weighted by molar-refractivity contribution is 6.30. The van der Waals surface area contributed by atoms with Gasteiger partial charge in [0.1, 0.15) is 5.82 Å². The minimum Gasteiger partial charge on any atom is -0.389 e. The fourth-order valence-corrected chi connectivity index (χ4v) is 3.38. The van der Waals surface area contributed by atoms with E-state index in [1.807, 2.05) is 14.1 Å². The molecule has 2 atom stereocenters. The number of hydrogen-bond acceptors (Lipinski definition) is 2. The summed E-state index contributed by atoms with van der Waals surface area (Å²) >= 11 is 5.78. The Morgan fingerprint density at radius 3 is 2.71 bits per heavy atom. The second-order valence-electron chi connectivity index (χ2n) is 6.22. The Morgan fingerprint density at radius 1 is 1.38 bits per heavy atom. The molecule has 0 aliphatic heterocycles. The van der Waals surface area contributed by atoms with Crippen molar-refractivity contribution in [3.8, 4) is 0 Å². The fraction of sp³-hybridized carbons (Fsp3) is 0.625. The van der Waals surface area contributed by atoms with Crippen molar-refractivity contribution in [2.45, 2.75) is 37.7 Å². The third kappa shape index (κ3) is 4.82. The molecular formula is C16H24Cl2FNO. The molecule has 0 spiro atoms. The van der Waals surface area contributed by atoms with Gasteiger partial charge in [0.2, 0.25) is 0 Å². The predicted molar refractivity (Wildman–Crippen MR) is 87.8 cm³/mol. The molecule has 1 aliphatic carbocycles. The molecule has 120 valence electrons. The van der Waals surface area contributed by atoms with Crippen LogP contribution in [0.3, 0.4) is 0 Å². The van der Waals surface area contributed by atoms with Gasteiger partial charge >= 0.3 is 0 Å². The average molecular weight is 336 g/mol. The minimum atomic E-state index is -0.808. The lowest BCUT2D eigenvalue weighted by molar-refractivity contribution is -0.0558. The molecule has 0 aromatic heterocycles. The summed E-state index contributed by atoms with van der Waals surface area (Å²) in [5.74, 6) is -0.124. The van der Waals surface area contributed by atoms with E-state index in [0.29, 0.717) is 17.0 Å². The van der Waals surface area contributed by atoms with Crippen molar-refractivity contribution in [3.63, 3.8) is 0 Å². The summed E-state index contributed by atoms with van der Waals surface area (Å²) in [6, 6.07) is 4.70. The minimum absolute atomic E-state index is 0. The van der Waals surface area contributed by atoms with Crippen LogP contribution in [0.2, 0.25) is 5.02 Å². The summed E-state index contributed by atoms with van der Waals surface area (Å²) in [5.41, 5.74) is -0.250. The lowest BCUT2D eigenvalue weighted by Gasteiger charge is -2.41. The number of nitrogens with zero attached hydrogens (tertiary/aromatic N) is 1. The molecule has 21 heavy (non-hydrogen) atoms.